The Morgan fingerprint density at radius 1 is 0.654 bits per heavy atom. The molecule has 0 unspecified atom stereocenters. The normalized spacial score (nSPS) is 11.8. The quantitative estimate of drug-likeness (QED) is 0.327. The molecule has 3 heteroatoms. The molecule has 0 heterocycles. The van der Waals surface area contributed by atoms with E-state index in [1.54, 1.807) is 7.11 Å². The van der Waals surface area contributed by atoms with Gasteiger partial charge in [-0.25, -0.2) is 4.79 Å². The van der Waals surface area contributed by atoms with Crippen LogP contribution < -0.4 is 0 Å². The molecule has 0 aromatic heterocycles. The highest BCUT2D eigenvalue weighted by Gasteiger charge is 2.26. The Kier molecular flexibility index (Phi) is 5.91. The number of aryl methyl sites for hydroxylation is 6. The monoisotopic (exact) mass is 352 g/mol. The van der Waals surface area contributed by atoms with Crippen LogP contribution in [0.15, 0.2) is 24.3 Å². The van der Waals surface area contributed by atoms with E-state index >= 15 is 0 Å². The summed E-state index contributed by atoms with van der Waals surface area (Å²) in [6, 6.07) is 8.36. The molecule has 26 heavy (non-hydrogen) atoms. The Morgan fingerprint density at radius 3 is 1.38 bits per heavy atom. The van der Waals surface area contributed by atoms with Gasteiger partial charge < -0.3 is 9.47 Å². The maximum Gasteiger partial charge on any atom is 0.342 e. The minimum Gasteiger partial charge on any atom is -0.495 e. The maximum absolute atomic E-state index is 12.8. The lowest BCUT2D eigenvalue weighted by Crippen LogP contribution is -2.12. The number of hydrogen-bond acceptors (Lipinski definition) is 3. The molecule has 2 aromatic rings. The molecular formula is C23H28O3. The fourth-order valence-corrected chi connectivity index (χ4v) is 3.85. The average molecular weight is 352 g/mol. The molecule has 3 nitrogen and oxygen atoms in total. The molecular weight excluding hydrogens is 324 g/mol. The predicted octanol–water partition coefficient (Wildman–Crippen LogP) is 5.22. The van der Waals surface area contributed by atoms with Crippen molar-refractivity contribution < 1.29 is 14.3 Å². The van der Waals surface area contributed by atoms with E-state index in [0.717, 1.165) is 38.9 Å². The first-order chi connectivity index (χ1) is 12.2. The number of carbonyl (C=O) groups is 1. The first-order valence-corrected chi connectivity index (χ1v) is 8.74. The highest BCUT2D eigenvalue weighted by atomic mass is 16.5. The topological polar surface area (TPSA) is 35.5 Å². The fourth-order valence-electron chi connectivity index (χ4n) is 3.85. The SMILES string of the molecule is COC(=O)/C(=C(\OC)c1c(C)cc(C)cc1C)c1c(C)cc(C)cc1C. The van der Waals surface area contributed by atoms with E-state index < -0.39 is 5.97 Å². The second-order valence-electron chi connectivity index (χ2n) is 6.95. The van der Waals surface area contributed by atoms with E-state index in [4.69, 9.17) is 9.47 Å². The molecule has 0 amide bonds. The van der Waals surface area contributed by atoms with Crippen LogP contribution in [-0.2, 0) is 14.3 Å². The van der Waals surface area contributed by atoms with Gasteiger partial charge in [-0.1, -0.05) is 35.4 Å². The van der Waals surface area contributed by atoms with Crippen LogP contribution >= 0.6 is 0 Å². The summed E-state index contributed by atoms with van der Waals surface area (Å²) in [5, 5.41) is 0. The number of benzene rings is 2. The third kappa shape index (κ3) is 3.67. The van der Waals surface area contributed by atoms with Gasteiger partial charge in [0.2, 0.25) is 0 Å². The lowest BCUT2D eigenvalue weighted by Gasteiger charge is -2.20. The van der Waals surface area contributed by atoms with Crippen molar-refractivity contribution >= 4 is 17.3 Å². The highest BCUT2D eigenvalue weighted by Crippen LogP contribution is 2.35. The highest BCUT2D eigenvalue weighted by molar-refractivity contribution is 6.24. The van der Waals surface area contributed by atoms with E-state index in [-0.39, 0.29) is 0 Å². The number of esters is 1. The van der Waals surface area contributed by atoms with Gasteiger partial charge in [0.15, 0.2) is 0 Å². The van der Waals surface area contributed by atoms with Crippen LogP contribution in [0.2, 0.25) is 0 Å². The Morgan fingerprint density at radius 2 is 1.04 bits per heavy atom. The molecule has 0 bridgehead atoms. The first kappa shape index (κ1) is 19.8. The Hall–Kier alpha value is -2.55. The second-order valence-corrected chi connectivity index (χ2v) is 6.95. The van der Waals surface area contributed by atoms with Gasteiger partial charge in [-0.3, -0.25) is 0 Å². The van der Waals surface area contributed by atoms with Gasteiger partial charge in [0.25, 0.3) is 0 Å². The molecule has 2 rings (SSSR count). The number of carbonyl (C=O) groups excluding carboxylic acids is 1. The predicted molar refractivity (Wildman–Crippen MR) is 107 cm³/mol. The van der Waals surface area contributed by atoms with Gasteiger partial charge in [-0.15, -0.1) is 0 Å². The number of ether oxygens (including phenoxy) is 2. The smallest absolute Gasteiger partial charge is 0.342 e. The van der Waals surface area contributed by atoms with Crippen molar-refractivity contribution in [3.8, 4) is 0 Å². The van der Waals surface area contributed by atoms with Gasteiger partial charge in [0.1, 0.15) is 11.3 Å². The Bertz CT molecular complexity index is 842. The van der Waals surface area contributed by atoms with Crippen LogP contribution in [-0.4, -0.2) is 20.2 Å². The second kappa shape index (κ2) is 7.77. The fraction of sp³-hybridized carbons (Fsp3) is 0.348. The molecule has 0 spiro atoms. The molecule has 0 aliphatic carbocycles. The summed E-state index contributed by atoms with van der Waals surface area (Å²) in [6.07, 6.45) is 0. The number of methoxy groups -OCH3 is 2. The zero-order valence-corrected chi connectivity index (χ0v) is 17.0. The van der Waals surface area contributed by atoms with Crippen LogP contribution in [0.4, 0.5) is 0 Å². The molecule has 0 radical (unpaired) electrons. The van der Waals surface area contributed by atoms with Gasteiger partial charge in [-0.05, 0) is 69.4 Å². The van der Waals surface area contributed by atoms with Crippen molar-refractivity contribution in [1.29, 1.82) is 0 Å². The van der Waals surface area contributed by atoms with Crippen molar-refractivity contribution in [3.63, 3.8) is 0 Å². The third-order valence-corrected chi connectivity index (χ3v) is 4.65. The summed E-state index contributed by atoms with van der Waals surface area (Å²) in [5.74, 6) is 0.165. The van der Waals surface area contributed by atoms with Crippen LogP contribution in [0.25, 0.3) is 11.3 Å². The molecule has 0 aliphatic heterocycles. The largest absolute Gasteiger partial charge is 0.495 e. The summed E-state index contributed by atoms with van der Waals surface area (Å²) in [5.41, 5.74) is 8.83. The van der Waals surface area contributed by atoms with Crippen molar-refractivity contribution in [2.75, 3.05) is 14.2 Å². The molecule has 0 saturated heterocycles. The summed E-state index contributed by atoms with van der Waals surface area (Å²) in [4.78, 5) is 12.8. The van der Waals surface area contributed by atoms with Crippen molar-refractivity contribution in [2.24, 2.45) is 0 Å². The van der Waals surface area contributed by atoms with Crippen molar-refractivity contribution in [3.05, 3.63) is 68.8 Å². The van der Waals surface area contributed by atoms with Crippen molar-refractivity contribution in [2.45, 2.75) is 41.5 Å². The Balaban J connectivity index is 2.95. The summed E-state index contributed by atoms with van der Waals surface area (Å²) >= 11 is 0. The molecule has 0 fully saturated rings. The van der Waals surface area contributed by atoms with E-state index in [2.05, 4.69) is 38.1 Å². The lowest BCUT2D eigenvalue weighted by molar-refractivity contribution is -0.133. The van der Waals surface area contributed by atoms with E-state index in [9.17, 15) is 4.79 Å². The van der Waals surface area contributed by atoms with Gasteiger partial charge >= 0.3 is 5.97 Å². The van der Waals surface area contributed by atoms with E-state index in [1.165, 1.54) is 12.7 Å². The zero-order chi connectivity index (χ0) is 19.6. The van der Waals surface area contributed by atoms with Crippen LogP contribution in [0.1, 0.15) is 44.5 Å². The maximum atomic E-state index is 12.8. The molecule has 0 N–H and O–H groups in total. The molecule has 0 atom stereocenters. The zero-order valence-electron chi connectivity index (χ0n) is 17.0. The van der Waals surface area contributed by atoms with E-state index in [0.29, 0.717) is 11.3 Å². The first-order valence-electron chi connectivity index (χ1n) is 8.74. The van der Waals surface area contributed by atoms with Gasteiger partial charge in [-0.2, -0.15) is 0 Å². The summed E-state index contributed by atoms with van der Waals surface area (Å²) in [7, 11) is 3.01. The number of rotatable bonds is 4. The van der Waals surface area contributed by atoms with Crippen LogP contribution in [0.3, 0.4) is 0 Å². The number of hydrogen-bond donors (Lipinski definition) is 0. The molecule has 2 aromatic carbocycles. The summed E-state index contributed by atoms with van der Waals surface area (Å²) in [6.45, 7) is 12.2. The van der Waals surface area contributed by atoms with Gasteiger partial charge in [0, 0.05) is 5.56 Å². The molecule has 138 valence electrons. The molecule has 0 aliphatic rings. The minimum absolute atomic E-state index is 0.392. The van der Waals surface area contributed by atoms with Gasteiger partial charge in [0.05, 0.1) is 14.2 Å². The molecule has 0 saturated carbocycles. The average Bonchev–Trinajstić information content (AvgIpc) is 2.53. The van der Waals surface area contributed by atoms with Crippen molar-refractivity contribution in [1.82, 2.24) is 0 Å². The van der Waals surface area contributed by atoms with Crippen LogP contribution in [0.5, 0.6) is 0 Å². The minimum atomic E-state index is -0.392. The van der Waals surface area contributed by atoms with Crippen LogP contribution in [0, 0.1) is 41.5 Å². The lowest BCUT2D eigenvalue weighted by atomic mass is 9.89. The van der Waals surface area contributed by atoms with E-state index in [1.807, 2.05) is 27.7 Å². The Labute approximate surface area is 156 Å². The summed E-state index contributed by atoms with van der Waals surface area (Å²) < 4.78 is 10.9. The standard InChI is InChI=1S/C23H28O3/c1-13-9-15(3)19(16(4)10-13)21(23(24)26-8)22(25-7)20-17(5)11-14(2)12-18(20)6/h9-12H,1-8H3/b22-21-. The third-order valence-electron chi connectivity index (χ3n) is 4.65.